The molecule has 3 nitrogen and oxygen atoms in total. The highest BCUT2D eigenvalue weighted by atomic mass is 16.2. The van der Waals surface area contributed by atoms with Gasteiger partial charge in [-0.25, -0.2) is 0 Å². The van der Waals surface area contributed by atoms with Gasteiger partial charge >= 0.3 is 0 Å². The van der Waals surface area contributed by atoms with Crippen molar-refractivity contribution < 1.29 is 9.90 Å². The van der Waals surface area contributed by atoms with Gasteiger partial charge in [-0.15, -0.1) is 0 Å². The van der Waals surface area contributed by atoms with Gasteiger partial charge in [0.05, 0.1) is 0 Å². The number of aliphatic hydroxyl groups excluding tert-OH is 1. The SMILES string of the molecule is CCCCN(C(=O)c1cc(C)cc(C#CCO)c1)C1CC1. The van der Waals surface area contributed by atoms with E-state index in [9.17, 15) is 4.79 Å². The van der Waals surface area contributed by atoms with Crippen LogP contribution >= 0.6 is 0 Å². The molecule has 112 valence electrons. The van der Waals surface area contributed by atoms with Crippen molar-refractivity contribution in [1.82, 2.24) is 4.90 Å². The predicted molar refractivity (Wildman–Crippen MR) is 84.1 cm³/mol. The molecule has 0 saturated heterocycles. The molecule has 0 bridgehead atoms. The van der Waals surface area contributed by atoms with Crippen molar-refractivity contribution in [2.24, 2.45) is 0 Å². The minimum Gasteiger partial charge on any atom is -0.384 e. The highest BCUT2D eigenvalue weighted by Gasteiger charge is 2.32. The van der Waals surface area contributed by atoms with Gasteiger partial charge < -0.3 is 10.0 Å². The Hall–Kier alpha value is -1.79. The van der Waals surface area contributed by atoms with Crippen molar-refractivity contribution in [3.05, 3.63) is 34.9 Å². The summed E-state index contributed by atoms with van der Waals surface area (Å²) in [5.41, 5.74) is 2.52. The number of rotatable bonds is 5. The monoisotopic (exact) mass is 285 g/mol. The summed E-state index contributed by atoms with van der Waals surface area (Å²) in [5.74, 6) is 5.64. The van der Waals surface area contributed by atoms with E-state index in [2.05, 4.69) is 18.8 Å². The summed E-state index contributed by atoms with van der Waals surface area (Å²) in [7, 11) is 0. The number of nitrogens with zero attached hydrogens (tertiary/aromatic N) is 1. The van der Waals surface area contributed by atoms with Gasteiger partial charge in [0.25, 0.3) is 5.91 Å². The van der Waals surface area contributed by atoms with E-state index < -0.39 is 0 Å². The van der Waals surface area contributed by atoms with E-state index in [0.717, 1.165) is 43.4 Å². The minimum absolute atomic E-state index is 0.113. The molecule has 1 amide bonds. The van der Waals surface area contributed by atoms with Crippen LogP contribution in [0, 0.1) is 18.8 Å². The topological polar surface area (TPSA) is 40.5 Å². The van der Waals surface area contributed by atoms with E-state index >= 15 is 0 Å². The molecule has 0 aromatic heterocycles. The number of unbranched alkanes of at least 4 members (excludes halogenated alkanes) is 1. The van der Waals surface area contributed by atoms with E-state index in [1.807, 2.05) is 30.0 Å². The molecule has 1 fully saturated rings. The van der Waals surface area contributed by atoms with Crippen LogP contribution in [0.15, 0.2) is 18.2 Å². The number of hydrogen-bond donors (Lipinski definition) is 1. The van der Waals surface area contributed by atoms with Gasteiger partial charge in [-0.05, 0) is 49.9 Å². The number of benzene rings is 1. The Bertz CT molecular complexity index is 564. The zero-order valence-electron chi connectivity index (χ0n) is 12.9. The van der Waals surface area contributed by atoms with Gasteiger partial charge in [0, 0.05) is 23.7 Å². The predicted octanol–water partition coefficient (Wildman–Crippen LogP) is 2.74. The first-order valence-corrected chi connectivity index (χ1v) is 7.68. The van der Waals surface area contributed by atoms with E-state index in [1.165, 1.54) is 0 Å². The summed E-state index contributed by atoms with van der Waals surface area (Å²) >= 11 is 0. The van der Waals surface area contributed by atoms with Crippen LogP contribution in [0.4, 0.5) is 0 Å². The molecule has 1 aromatic carbocycles. The molecule has 0 unspecified atom stereocenters. The minimum atomic E-state index is -0.165. The Labute approximate surface area is 127 Å². The third-order valence-corrected chi connectivity index (χ3v) is 3.64. The fourth-order valence-electron chi connectivity index (χ4n) is 2.45. The fourth-order valence-corrected chi connectivity index (χ4v) is 2.45. The van der Waals surface area contributed by atoms with Crippen LogP contribution in [0.3, 0.4) is 0 Å². The Morgan fingerprint density at radius 1 is 1.38 bits per heavy atom. The molecule has 0 aliphatic heterocycles. The second-order valence-electron chi connectivity index (χ2n) is 5.63. The van der Waals surface area contributed by atoms with Crippen LogP contribution in [0.5, 0.6) is 0 Å². The van der Waals surface area contributed by atoms with Gasteiger partial charge in [0.15, 0.2) is 0 Å². The first-order valence-electron chi connectivity index (χ1n) is 7.68. The lowest BCUT2D eigenvalue weighted by molar-refractivity contribution is 0.0740. The molecular weight excluding hydrogens is 262 g/mol. The van der Waals surface area contributed by atoms with E-state index in [1.54, 1.807) is 0 Å². The molecule has 1 aliphatic carbocycles. The molecule has 2 rings (SSSR count). The van der Waals surface area contributed by atoms with Crippen LogP contribution in [-0.4, -0.2) is 35.1 Å². The Kier molecular flexibility index (Phi) is 5.41. The standard InChI is InChI=1S/C18H23NO2/c1-3-4-9-19(17-7-8-17)18(21)16-12-14(2)11-15(13-16)6-5-10-20/h11-13,17,20H,3-4,7-10H2,1-2H3. The van der Waals surface area contributed by atoms with Crippen LogP contribution in [-0.2, 0) is 0 Å². The maximum absolute atomic E-state index is 12.7. The van der Waals surface area contributed by atoms with Crippen LogP contribution < -0.4 is 0 Å². The van der Waals surface area contributed by atoms with Crippen molar-refractivity contribution in [2.45, 2.75) is 45.6 Å². The van der Waals surface area contributed by atoms with Crippen molar-refractivity contribution >= 4 is 5.91 Å². The average Bonchev–Trinajstić information content (AvgIpc) is 3.29. The molecule has 0 spiro atoms. The lowest BCUT2D eigenvalue weighted by Crippen LogP contribution is -2.34. The fraction of sp³-hybridized carbons (Fsp3) is 0.500. The van der Waals surface area contributed by atoms with E-state index in [0.29, 0.717) is 11.6 Å². The third-order valence-electron chi connectivity index (χ3n) is 3.64. The molecule has 1 N–H and O–H groups in total. The number of hydrogen-bond acceptors (Lipinski definition) is 2. The second-order valence-corrected chi connectivity index (χ2v) is 5.63. The zero-order chi connectivity index (χ0) is 15.2. The lowest BCUT2D eigenvalue weighted by atomic mass is 10.1. The summed E-state index contributed by atoms with van der Waals surface area (Å²) in [5, 5.41) is 8.79. The number of amides is 1. The lowest BCUT2D eigenvalue weighted by Gasteiger charge is -2.22. The molecule has 3 heteroatoms. The number of aryl methyl sites for hydroxylation is 1. The van der Waals surface area contributed by atoms with Gasteiger partial charge in [-0.1, -0.05) is 25.2 Å². The quantitative estimate of drug-likeness (QED) is 0.845. The molecule has 0 atom stereocenters. The smallest absolute Gasteiger partial charge is 0.254 e. The number of carbonyl (C=O) groups is 1. The van der Waals surface area contributed by atoms with Crippen molar-refractivity contribution in [1.29, 1.82) is 0 Å². The van der Waals surface area contributed by atoms with E-state index in [-0.39, 0.29) is 12.5 Å². The van der Waals surface area contributed by atoms with Crippen molar-refractivity contribution in [3.63, 3.8) is 0 Å². The molecule has 0 heterocycles. The van der Waals surface area contributed by atoms with Crippen LogP contribution in [0.1, 0.15) is 54.1 Å². The normalized spacial score (nSPS) is 13.5. The first-order chi connectivity index (χ1) is 10.2. The molecule has 1 aliphatic rings. The number of aliphatic hydroxyl groups is 1. The molecular formula is C18H23NO2. The Balaban J connectivity index is 2.22. The highest BCUT2D eigenvalue weighted by Crippen LogP contribution is 2.29. The highest BCUT2D eigenvalue weighted by molar-refractivity contribution is 5.95. The second kappa shape index (κ2) is 7.28. The summed E-state index contributed by atoms with van der Waals surface area (Å²) in [4.78, 5) is 14.8. The maximum atomic E-state index is 12.7. The molecule has 0 radical (unpaired) electrons. The van der Waals surface area contributed by atoms with Crippen molar-refractivity contribution in [2.75, 3.05) is 13.2 Å². The zero-order valence-corrected chi connectivity index (χ0v) is 12.9. The largest absolute Gasteiger partial charge is 0.384 e. The summed E-state index contributed by atoms with van der Waals surface area (Å²) < 4.78 is 0. The average molecular weight is 285 g/mol. The van der Waals surface area contributed by atoms with Gasteiger partial charge in [-0.2, -0.15) is 0 Å². The Morgan fingerprint density at radius 3 is 2.76 bits per heavy atom. The number of carbonyl (C=O) groups excluding carboxylic acids is 1. The maximum Gasteiger partial charge on any atom is 0.254 e. The molecule has 1 aromatic rings. The first kappa shape index (κ1) is 15.6. The van der Waals surface area contributed by atoms with Crippen LogP contribution in [0.2, 0.25) is 0 Å². The van der Waals surface area contributed by atoms with Crippen LogP contribution in [0.25, 0.3) is 0 Å². The van der Waals surface area contributed by atoms with Gasteiger partial charge in [0.1, 0.15) is 6.61 Å². The summed E-state index contributed by atoms with van der Waals surface area (Å²) in [6.45, 7) is 4.78. The van der Waals surface area contributed by atoms with E-state index in [4.69, 9.17) is 5.11 Å². The molecule has 21 heavy (non-hydrogen) atoms. The van der Waals surface area contributed by atoms with Crippen molar-refractivity contribution in [3.8, 4) is 11.8 Å². The summed E-state index contributed by atoms with van der Waals surface area (Å²) in [6, 6.07) is 6.12. The van der Waals surface area contributed by atoms with Gasteiger partial charge in [0.2, 0.25) is 0 Å². The Morgan fingerprint density at radius 2 is 2.14 bits per heavy atom. The molecule has 1 saturated carbocycles. The summed E-state index contributed by atoms with van der Waals surface area (Å²) in [6.07, 6.45) is 4.39. The van der Waals surface area contributed by atoms with Gasteiger partial charge in [-0.3, -0.25) is 4.79 Å². The third kappa shape index (κ3) is 4.34.